The maximum absolute atomic E-state index is 13.6. The van der Waals surface area contributed by atoms with Crippen molar-refractivity contribution in [2.45, 2.75) is 51.9 Å². The van der Waals surface area contributed by atoms with Crippen molar-refractivity contribution in [2.75, 3.05) is 6.61 Å². The van der Waals surface area contributed by atoms with E-state index in [9.17, 15) is 14.4 Å². The minimum absolute atomic E-state index is 0.0238. The van der Waals surface area contributed by atoms with E-state index >= 15 is 0 Å². The summed E-state index contributed by atoms with van der Waals surface area (Å²) in [4.78, 5) is 39.0. The summed E-state index contributed by atoms with van der Waals surface area (Å²) in [6, 6.07) is 8.92. The van der Waals surface area contributed by atoms with Gasteiger partial charge in [0, 0.05) is 17.4 Å². The van der Waals surface area contributed by atoms with Gasteiger partial charge in [-0.05, 0) is 63.2 Å². The van der Waals surface area contributed by atoms with Crippen molar-refractivity contribution in [2.24, 2.45) is 29.1 Å². The standard InChI is InChI=1S/C23H28O4/c1-2-27-22(26)19(11-20(24)18-6-4-3-5-7-18)21(25)23-12-15-8-16(13-23)10-17(9-15)14-23/h3-7,15-17,19H,2,8-14H2,1H3. The lowest BCUT2D eigenvalue weighted by atomic mass is 9.47. The molecule has 0 aliphatic heterocycles. The molecule has 144 valence electrons. The zero-order chi connectivity index (χ0) is 19.0. The van der Waals surface area contributed by atoms with Gasteiger partial charge in [0.25, 0.3) is 0 Å². The summed E-state index contributed by atoms with van der Waals surface area (Å²) >= 11 is 0. The molecule has 0 heterocycles. The van der Waals surface area contributed by atoms with Crippen LogP contribution in [0.25, 0.3) is 0 Å². The van der Waals surface area contributed by atoms with Crippen LogP contribution in [0.1, 0.15) is 62.2 Å². The summed E-state index contributed by atoms with van der Waals surface area (Å²) in [7, 11) is 0. The largest absolute Gasteiger partial charge is 0.465 e. The molecule has 4 aliphatic rings. The lowest BCUT2D eigenvalue weighted by Gasteiger charge is -2.56. The van der Waals surface area contributed by atoms with Gasteiger partial charge in [0.15, 0.2) is 11.6 Å². The molecular formula is C23H28O4. The molecular weight excluding hydrogens is 340 g/mol. The quantitative estimate of drug-likeness (QED) is 0.411. The summed E-state index contributed by atoms with van der Waals surface area (Å²) in [5.74, 6) is 0.182. The zero-order valence-corrected chi connectivity index (χ0v) is 16.0. The zero-order valence-electron chi connectivity index (χ0n) is 16.0. The average Bonchev–Trinajstić information content (AvgIpc) is 2.65. The number of ether oxygens (including phenoxy) is 1. The predicted molar refractivity (Wildman–Crippen MR) is 101 cm³/mol. The van der Waals surface area contributed by atoms with E-state index in [0.29, 0.717) is 23.3 Å². The number of rotatable bonds is 7. The molecule has 4 nitrogen and oxygen atoms in total. The number of hydrogen-bond donors (Lipinski definition) is 0. The molecule has 0 radical (unpaired) electrons. The average molecular weight is 368 g/mol. The molecule has 27 heavy (non-hydrogen) atoms. The predicted octanol–water partition coefficient (Wildman–Crippen LogP) is 4.22. The highest BCUT2D eigenvalue weighted by molar-refractivity contribution is 6.08. The van der Waals surface area contributed by atoms with Gasteiger partial charge in [-0.1, -0.05) is 30.3 Å². The van der Waals surface area contributed by atoms with Gasteiger partial charge in [-0.3, -0.25) is 14.4 Å². The van der Waals surface area contributed by atoms with Crippen LogP contribution in [0.15, 0.2) is 30.3 Å². The third-order valence-corrected chi connectivity index (χ3v) is 6.93. The summed E-state index contributed by atoms with van der Waals surface area (Å²) in [6.45, 7) is 1.96. The molecule has 1 atom stereocenters. The molecule has 0 saturated heterocycles. The highest BCUT2D eigenvalue weighted by Crippen LogP contribution is 2.61. The van der Waals surface area contributed by atoms with E-state index in [2.05, 4.69) is 0 Å². The van der Waals surface area contributed by atoms with Crippen molar-refractivity contribution in [3.63, 3.8) is 0 Å². The number of carbonyl (C=O) groups excluding carboxylic acids is 3. The Balaban J connectivity index is 1.58. The fourth-order valence-corrected chi connectivity index (χ4v) is 6.24. The second-order valence-electron chi connectivity index (χ2n) is 8.86. The smallest absolute Gasteiger partial charge is 0.316 e. The van der Waals surface area contributed by atoms with Gasteiger partial charge in [-0.25, -0.2) is 0 Å². The molecule has 1 aromatic carbocycles. The first kappa shape index (κ1) is 18.4. The Morgan fingerprint density at radius 2 is 1.56 bits per heavy atom. The number of Topliss-reactive ketones (excluding diaryl/α,β-unsaturated/α-hetero) is 2. The molecule has 4 saturated carbocycles. The van der Waals surface area contributed by atoms with Gasteiger partial charge in [-0.2, -0.15) is 0 Å². The molecule has 1 unspecified atom stereocenters. The molecule has 0 amide bonds. The Bertz CT molecular complexity index is 701. The van der Waals surface area contributed by atoms with Gasteiger partial charge in [0.1, 0.15) is 5.92 Å². The number of hydrogen-bond acceptors (Lipinski definition) is 4. The molecule has 1 aromatic rings. The lowest BCUT2D eigenvalue weighted by Crippen LogP contribution is -2.53. The van der Waals surface area contributed by atoms with Crippen LogP contribution in [0.3, 0.4) is 0 Å². The van der Waals surface area contributed by atoms with Crippen molar-refractivity contribution in [3.8, 4) is 0 Å². The van der Waals surface area contributed by atoms with Crippen LogP contribution in [-0.4, -0.2) is 24.1 Å². The van der Waals surface area contributed by atoms with Crippen LogP contribution in [0.5, 0.6) is 0 Å². The topological polar surface area (TPSA) is 60.4 Å². The number of benzene rings is 1. The normalized spacial score (nSPS) is 32.1. The number of ketones is 2. The number of esters is 1. The second-order valence-corrected chi connectivity index (χ2v) is 8.86. The molecule has 4 aliphatic carbocycles. The maximum Gasteiger partial charge on any atom is 0.316 e. The van der Waals surface area contributed by atoms with Crippen LogP contribution >= 0.6 is 0 Å². The molecule has 0 spiro atoms. The Labute approximate surface area is 160 Å². The minimum Gasteiger partial charge on any atom is -0.465 e. The molecule has 0 aromatic heterocycles. The molecule has 5 rings (SSSR count). The molecule has 0 N–H and O–H groups in total. The second kappa shape index (κ2) is 7.21. The van der Waals surface area contributed by atoms with Crippen LogP contribution in [0, 0.1) is 29.1 Å². The van der Waals surface area contributed by atoms with Gasteiger partial charge in [0.05, 0.1) is 6.61 Å². The maximum atomic E-state index is 13.6. The lowest BCUT2D eigenvalue weighted by molar-refractivity contribution is -0.161. The van der Waals surface area contributed by atoms with Crippen LogP contribution in [0.2, 0.25) is 0 Å². The minimum atomic E-state index is -0.964. The highest BCUT2D eigenvalue weighted by atomic mass is 16.5. The summed E-state index contributed by atoms with van der Waals surface area (Å²) in [6.07, 6.45) is 6.32. The fourth-order valence-electron chi connectivity index (χ4n) is 6.24. The van der Waals surface area contributed by atoms with E-state index in [1.165, 1.54) is 19.3 Å². The SMILES string of the molecule is CCOC(=O)C(CC(=O)c1ccccc1)C(=O)C12CC3CC(CC(C3)C1)C2. The van der Waals surface area contributed by atoms with Crippen LogP contribution < -0.4 is 0 Å². The van der Waals surface area contributed by atoms with E-state index in [1.807, 2.05) is 6.07 Å². The first-order chi connectivity index (χ1) is 13.0. The van der Waals surface area contributed by atoms with Gasteiger partial charge in [0.2, 0.25) is 0 Å². The summed E-state index contributed by atoms with van der Waals surface area (Å²) in [5.41, 5.74) is 0.147. The van der Waals surface area contributed by atoms with E-state index in [1.54, 1.807) is 31.2 Å². The Morgan fingerprint density at radius 1 is 1.00 bits per heavy atom. The van der Waals surface area contributed by atoms with E-state index < -0.39 is 17.3 Å². The van der Waals surface area contributed by atoms with Crippen LogP contribution in [0.4, 0.5) is 0 Å². The first-order valence-corrected chi connectivity index (χ1v) is 10.3. The first-order valence-electron chi connectivity index (χ1n) is 10.3. The van der Waals surface area contributed by atoms with Crippen molar-refractivity contribution < 1.29 is 19.1 Å². The third-order valence-electron chi connectivity index (χ3n) is 6.93. The molecule has 4 fully saturated rings. The van der Waals surface area contributed by atoms with Gasteiger partial charge in [-0.15, -0.1) is 0 Å². The van der Waals surface area contributed by atoms with Gasteiger partial charge >= 0.3 is 5.97 Å². The van der Waals surface area contributed by atoms with Crippen LogP contribution in [-0.2, 0) is 14.3 Å². The van der Waals surface area contributed by atoms with Gasteiger partial charge < -0.3 is 4.74 Å². The monoisotopic (exact) mass is 368 g/mol. The van der Waals surface area contributed by atoms with Crippen molar-refractivity contribution in [3.05, 3.63) is 35.9 Å². The Hall–Kier alpha value is -1.97. The molecule has 4 bridgehead atoms. The van der Waals surface area contributed by atoms with Crippen molar-refractivity contribution >= 4 is 17.5 Å². The van der Waals surface area contributed by atoms with E-state index in [0.717, 1.165) is 19.3 Å². The van der Waals surface area contributed by atoms with Crippen molar-refractivity contribution in [1.29, 1.82) is 0 Å². The fraction of sp³-hybridized carbons (Fsp3) is 0.609. The Kier molecular flexibility index (Phi) is 4.92. The Morgan fingerprint density at radius 3 is 2.07 bits per heavy atom. The van der Waals surface area contributed by atoms with E-state index in [4.69, 9.17) is 4.74 Å². The third kappa shape index (κ3) is 3.46. The van der Waals surface area contributed by atoms with Crippen molar-refractivity contribution in [1.82, 2.24) is 0 Å². The highest BCUT2D eigenvalue weighted by Gasteiger charge is 2.56. The van der Waals surface area contributed by atoms with E-state index in [-0.39, 0.29) is 24.6 Å². The molecule has 4 heteroatoms. The summed E-state index contributed by atoms with van der Waals surface area (Å²) in [5, 5.41) is 0. The summed E-state index contributed by atoms with van der Waals surface area (Å²) < 4.78 is 5.21. The number of carbonyl (C=O) groups is 3.